The van der Waals surface area contributed by atoms with Gasteiger partial charge in [-0.3, -0.25) is 0 Å². The van der Waals surface area contributed by atoms with Crippen molar-refractivity contribution in [2.75, 3.05) is 13.2 Å². The van der Waals surface area contributed by atoms with E-state index in [1.807, 2.05) is 12.1 Å². The molecule has 1 saturated heterocycles. The summed E-state index contributed by atoms with van der Waals surface area (Å²) < 4.78 is 34.9. The van der Waals surface area contributed by atoms with Gasteiger partial charge < -0.3 is 14.8 Å². The first-order chi connectivity index (χ1) is 12.6. The van der Waals surface area contributed by atoms with E-state index in [2.05, 4.69) is 4.98 Å². The molecule has 0 amide bonds. The van der Waals surface area contributed by atoms with Crippen LogP contribution in [0.3, 0.4) is 0 Å². The maximum Gasteiger partial charge on any atom is 0.337 e. The maximum absolute atomic E-state index is 15.0. The first-order valence-corrected chi connectivity index (χ1v) is 8.46. The van der Waals surface area contributed by atoms with Gasteiger partial charge in [0, 0.05) is 19.4 Å². The number of aromatic nitrogens is 1. The number of benzene rings is 2. The number of H-pyrrole nitrogens is 1. The van der Waals surface area contributed by atoms with E-state index < -0.39 is 17.6 Å². The van der Waals surface area contributed by atoms with Gasteiger partial charge in [-0.1, -0.05) is 24.3 Å². The molecule has 0 bridgehead atoms. The lowest BCUT2D eigenvalue weighted by Gasteiger charge is -2.22. The number of aromatic carboxylic acids is 1. The van der Waals surface area contributed by atoms with Crippen LogP contribution < -0.4 is 0 Å². The van der Waals surface area contributed by atoms with Gasteiger partial charge >= 0.3 is 5.97 Å². The highest BCUT2D eigenvalue weighted by Crippen LogP contribution is 2.35. The molecule has 0 unspecified atom stereocenters. The van der Waals surface area contributed by atoms with Gasteiger partial charge in [0.1, 0.15) is 11.6 Å². The summed E-state index contributed by atoms with van der Waals surface area (Å²) in [6, 6.07) is 8.26. The van der Waals surface area contributed by atoms with E-state index in [-0.39, 0.29) is 22.0 Å². The summed E-state index contributed by atoms with van der Waals surface area (Å²) in [6.45, 7) is 1.44. The second-order valence-electron chi connectivity index (χ2n) is 6.49. The van der Waals surface area contributed by atoms with Gasteiger partial charge in [0.15, 0.2) is 0 Å². The SMILES string of the molecule is O=C(O)c1c[nH]c2cc(F)c(-c3ccc(C4CCOCC4)cc3)c(F)c12. The quantitative estimate of drug-likeness (QED) is 0.714. The predicted molar refractivity (Wildman–Crippen MR) is 93.4 cm³/mol. The standard InChI is InChI=1S/C20H17F2NO3/c21-15-9-16-18(14(10-23-16)20(24)25)19(22)17(15)13-3-1-11(2-4-13)12-5-7-26-8-6-12/h1-4,9-10,12,23H,5-8H2,(H,24,25). The van der Waals surface area contributed by atoms with Crippen molar-refractivity contribution in [1.29, 1.82) is 0 Å². The Kier molecular flexibility index (Phi) is 4.20. The zero-order valence-corrected chi connectivity index (χ0v) is 13.9. The molecule has 1 aliphatic rings. The van der Waals surface area contributed by atoms with Crippen molar-refractivity contribution in [3.63, 3.8) is 0 Å². The number of halogens is 2. The third-order valence-electron chi connectivity index (χ3n) is 4.98. The molecule has 0 spiro atoms. The van der Waals surface area contributed by atoms with E-state index in [1.165, 1.54) is 6.20 Å². The fourth-order valence-corrected chi connectivity index (χ4v) is 3.60. The second kappa shape index (κ2) is 6.53. The van der Waals surface area contributed by atoms with Crippen LogP contribution in [0.15, 0.2) is 36.5 Å². The lowest BCUT2D eigenvalue weighted by atomic mass is 9.90. The number of carboxylic acid groups (broad SMARTS) is 1. The monoisotopic (exact) mass is 357 g/mol. The lowest BCUT2D eigenvalue weighted by Crippen LogP contribution is -2.13. The van der Waals surface area contributed by atoms with Crippen molar-refractivity contribution in [2.45, 2.75) is 18.8 Å². The lowest BCUT2D eigenvalue weighted by molar-refractivity contribution is 0.0698. The van der Waals surface area contributed by atoms with Crippen LogP contribution in [-0.2, 0) is 4.74 Å². The number of hydrogen-bond acceptors (Lipinski definition) is 2. The normalized spacial score (nSPS) is 15.5. The Hall–Kier alpha value is -2.73. The van der Waals surface area contributed by atoms with E-state index >= 15 is 0 Å². The summed E-state index contributed by atoms with van der Waals surface area (Å²) >= 11 is 0. The highest BCUT2D eigenvalue weighted by atomic mass is 19.1. The minimum absolute atomic E-state index is 0.109. The van der Waals surface area contributed by atoms with E-state index in [9.17, 15) is 18.7 Å². The Labute approximate surface area is 148 Å². The third-order valence-corrected chi connectivity index (χ3v) is 4.98. The van der Waals surface area contributed by atoms with Crippen molar-refractivity contribution in [1.82, 2.24) is 4.98 Å². The van der Waals surface area contributed by atoms with E-state index in [0.29, 0.717) is 11.5 Å². The minimum atomic E-state index is -1.26. The number of hydrogen-bond donors (Lipinski definition) is 2. The summed E-state index contributed by atoms with van der Waals surface area (Å²) in [6.07, 6.45) is 3.03. The number of carbonyl (C=O) groups is 1. The van der Waals surface area contributed by atoms with Crippen molar-refractivity contribution >= 4 is 16.9 Å². The molecule has 1 aromatic heterocycles. The van der Waals surface area contributed by atoms with Crippen molar-refractivity contribution < 1.29 is 23.4 Å². The first-order valence-electron chi connectivity index (χ1n) is 8.46. The fourth-order valence-electron chi connectivity index (χ4n) is 3.60. The van der Waals surface area contributed by atoms with Crippen LogP contribution in [0.2, 0.25) is 0 Å². The third kappa shape index (κ3) is 2.76. The molecule has 1 fully saturated rings. The van der Waals surface area contributed by atoms with Crippen molar-refractivity contribution in [3.05, 3.63) is 59.3 Å². The van der Waals surface area contributed by atoms with Gasteiger partial charge in [0.2, 0.25) is 0 Å². The van der Waals surface area contributed by atoms with Crippen LogP contribution in [0.1, 0.15) is 34.7 Å². The number of rotatable bonds is 3. The van der Waals surface area contributed by atoms with Crippen LogP contribution in [0, 0.1) is 11.6 Å². The van der Waals surface area contributed by atoms with Crippen LogP contribution in [0.4, 0.5) is 8.78 Å². The number of aromatic amines is 1. The topological polar surface area (TPSA) is 62.3 Å². The molecule has 1 aliphatic heterocycles. The Morgan fingerprint density at radius 3 is 2.50 bits per heavy atom. The van der Waals surface area contributed by atoms with Crippen molar-refractivity contribution in [2.24, 2.45) is 0 Å². The van der Waals surface area contributed by atoms with Gasteiger partial charge in [-0.2, -0.15) is 0 Å². The molecule has 0 atom stereocenters. The molecule has 6 heteroatoms. The average Bonchev–Trinajstić information content (AvgIpc) is 3.07. The predicted octanol–water partition coefficient (Wildman–Crippen LogP) is 4.71. The smallest absolute Gasteiger partial charge is 0.337 e. The molecule has 3 aromatic rings. The molecule has 134 valence electrons. The zero-order valence-electron chi connectivity index (χ0n) is 13.9. The van der Waals surface area contributed by atoms with Crippen LogP contribution in [0.5, 0.6) is 0 Å². The number of carboxylic acids is 1. The molecule has 2 N–H and O–H groups in total. The van der Waals surface area contributed by atoms with Crippen LogP contribution in [-0.4, -0.2) is 29.3 Å². The van der Waals surface area contributed by atoms with Gasteiger partial charge in [0.05, 0.1) is 22.0 Å². The summed E-state index contributed by atoms with van der Waals surface area (Å²) in [5.41, 5.74) is 1.21. The second-order valence-corrected chi connectivity index (χ2v) is 6.49. The number of fused-ring (bicyclic) bond motifs is 1. The molecule has 26 heavy (non-hydrogen) atoms. The van der Waals surface area contributed by atoms with Crippen LogP contribution >= 0.6 is 0 Å². The largest absolute Gasteiger partial charge is 0.478 e. The Morgan fingerprint density at radius 1 is 1.15 bits per heavy atom. The average molecular weight is 357 g/mol. The molecule has 0 aliphatic carbocycles. The summed E-state index contributed by atoms with van der Waals surface area (Å²) in [5.74, 6) is -2.47. The van der Waals surface area contributed by atoms with E-state index in [0.717, 1.165) is 37.7 Å². The summed E-state index contributed by atoms with van der Waals surface area (Å²) in [7, 11) is 0. The fraction of sp³-hybridized carbons (Fsp3) is 0.250. The Morgan fingerprint density at radius 2 is 1.85 bits per heavy atom. The first kappa shape index (κ1) is 16.7. The molecule has 4 rings (SSSR count). The van der Waals surface area contributed by atoms with Gasteiger partial charge in [-0.05, 0) is 36.0 Å². The molecular weight excluding hydrogens is 340 g/mol. The van der Waals surface area contributed by atoms with E-state index in [4.69, 9.17) is 4.74 Å². The molecular formula is C20H17F2NO3. The minimum Gasteiger partial charge on any atom is -0.478 e. The van der Waals surface area contributed by atoms with Gasteiger partial charge in [-0.15, -0.1) is 0 Å². The molecule has 0 saturated carbocycles. The summed E-state index contributed by atoms with van der Waals surface area (Å²) in [4.78, 5) is 13.9. The maximum atomic E-state index is 15.0. The Bertz CT molecular complexity index is 973. The number of nitrogens with one attached hydrogen (secondary N) is 1. The number of ether oxygens (including phenoxy) is 1. The molecule has 4 nitrogen and oxygen atoms in total. The van der Waals surface area contributed by atoms with Gasteiger partial charge in [0.25, 0.3) is 0 Å². The Balaban J connectivity index is 1.78. The highest BCUT2D eigenvalue weighted by Gasteiger charge is 2.22. The molecule has 2 aromatic carbocycles. The molecule has 0 radical (unpaired) electrons. The zero-order chi connectivity index (χ0) is 18.3. The van der Waals surface area contributed by atoms with Crippen LogP contribution in [0.25, 0.3) is 22.0 Å². The van der Waals surface area contributed by atoms with E-state index in [1.54, 1.807) is 12.1 Å². The summed E-state index contributed by atoms with van der Waals surface area (Å²) in [5, 5.41) is 9.11. The van der Waals surface area contributed by atoms with Crippen molar-refractivity contribution in [3.8, 4) is 11.1 Å². The molecule has 2 heterocycles. The van der Waals surface area contributed by atoms with Gasteiger partial charge in [-0.25, -0.2) is 13.6 Å². The highest BCUT2D eigenvalue weighted by molar-refractivity contribution is 6.04.